The Labute approximate surface area is 217 Å². The van der Waals surface area contributed by atoms with E-state index in [2.05, 4.69) is 6.92 Å². The summed E-state index contributed by atoms with van der Waals surface area (Å²) in [5.74, 6) is -0.307. The molecule has 0 aliphatic heterocycles. The van der Waals surface area contributed by atoms with Crippen LogP contribution in [0.15, 0.2) is 42.5 Å². The van der Waals surface area contributed by atoms with Crippen molar-refractivity contribution in [2.75, 3.05) is 26.3 Å². The minimum absolute atomic E-state index is 0.109. The molecular weight excluding hydrogens is 480 g/mol. The first-order valence-electron chi connectivity index (χ1n) is 12.5. The van der Waals surface area contributed by atoms with Crippen LogP contribution >= 0.6 is 0 Å². The van der Waals surface area contributed by atoms with E-state index in [1.807, 2.05) is 0 Å². The van der Waals surface area contributed by atoms with Gasteiger partial charge in [-0.2, -0.15) is 0 Å². The summed E-state index contributed by atoms with van der Waals surface area (Å²) >= 11 is 0. The van der Waals surface area contributed by atoms with Gasteiger partial charge in [0, 0.05) is 25.1 Å². The molecule has 0 radical (unpaired) electrons. The number of carboxylic acids is 1. The molecule has 0 aliphatic rings. The highest BCUT2D eigenvalue weighted by Gasteiger charge is 2.20. The SMILES string of the molecule is CCCCCCN(CCOc1ccc(CC(OCC)C(=O)O)cc1)C(=O)Oc1ccc(C)c([N+](=O)[O-])c1. The Hall–Kier alpha value is -3.66. The fourth-order valence-corrected chi connectivity index (χ4v) is 3.67. The highest BCUT2D eigenvalue weighted by atomic mass is 16.6. The van der Waals surface area contributed by atoms with E-state index in [-0.39, 0.29) is 31.0 Å². The summed E-state index contributed by atoms with van der Waals surface area (Å²) in [7, 11) is 0. The van der Waals surface area contributed by atoms with Gasteiger partial charge in [-0.25, -0.2) is 9.59 Å². The maximum Gasteiger partial charge on any atom is 0.415 e. The standard InChI is InChI=1S/C27H36N2O8/c1-4-6-7-8-15-28(27(32)37-23-12-9-20(3)24(19-23)29(33)34)16-17-36-22-13-10-21(11-14-22)18-25(26(30)31)35-5-2/h9-14,19,25H,4-8,15-18H2,1-3H3,(H,30,31). The second-order valence-corrected chi connectivity index (χ2v) is 8.60. The normalized spacial score (nSPS) is 11.5. The van der Waals surface area contributed by atoms with E-state index < -0.39 is 23.1 Å². The molecular formula is C27H36N2O8. The van der Waals surface area contributed by atoms with Crippen LogP contribution in [0, 0.1) is 17.0 Å². The molecule has 1 unspecified atom stereocenters. The summed E-state index contributed by atoms with van der Waals surface area (Å²) in [5.41, 5.74) is 1.18. The largest absolute Gasteiger partial charge is 0.492 e. The monoisotopic (exact) mass is 516 g/mol. The van der Waals surface area contributed by atoms with Gasteiger partial charge in [-0.15, -0.1) is 0 Å². The third kappa shape index (κ3) is 10.1. The Kier molecular flexibility index (Phi) is 12.3. The summed E-state index contributed by atoms with van der Waals surface area (Å²) in [6.07, 6.45) is 2.64. The van der Waals surface area contributed by atoms with Crippen LogP contribution in [0.5, 0.6) is 11.5 Å². The lowest BCUT2D eigenvalue weighted by Gasteiger charge is -2.22. The number of aliphatic carboxylic acids is 1. The summed E-state index contributed by atoms with van der Waals surface area (Å²) in [5, 5.41) is 20.5. The molecule has 37 heavy (non-hydrogen) atoms. The van der Waals surface area contributed by atoms with Crippen LogP contribution in [0.4, 0.5) is 10.5 Å². The van der Waals surface area contributed by atoms with Gasteiger partial charge in [0.25, 0.3) is 5.69 Å². The van der Waals surface area contributed by atoms with Crippen molar-refractivity contribution >= 4 is 17.7 Å². The zero-order chi connectivity index (χ0) is 27.2. The molecule has 10 nitrogen and oxygen atoms in total. The van der Waals surface area contributed by atoms with E-state index in [1.165, 1.54) is 17.0 Å². The van der Waals surface area contributed by atoms with Gasteiger partial charge in [-0.3, -0.25) is 10.1 Å². The maximum absolute atomic E-state index is 12.9. The minimum atomic E-state index is -1.01. The quantitative estimate of drug-likeness (QED) is 0.178. The molecule has 1 N–H and O–H groups in total. The molecule has 2 aromatic carbocycles. The van der Waals surface area contributed by atoms with Crippen LogP contribution in [-0.4, -0.2) is 59.4 Å². The molecule has 1 atom stereocenters. The number of unbranched alkanes of at least 4 members (excludes halogenated alkanes) is 3. The van der Waals surface area contributed by atoms with Crippen LogP contribution < -0.4 is 9.47 Å². The first-order valence-corrected chi connectivity index (χ1v) is 12.5. The molecule has 0 fully saturated rings. The lowest BCUT2D eigenvalue weighted by atomic mass is 10.1. The highest BCUT2D eigenvalue weighted by Crippen LogP contribution is 2.24. The van der Waals surface area contributed by atoms with Crippen LogP contribution in [0.25, 0.3) is 0 Å². The van der Waals surface area contributed by atoms with Crippen molar-refractivity contribution in [2.45, 2.75) is 59.0 Å². The van der Waals surface area contributed by atoms with Crippen LogP contribution in [0.1, 0.15) is 50.7 Å². The molecule has 0 aliphatic carbocycles. The Balaban J connectivity index is 1.97. The second kappa shape index (κ2) is 15.5. The number of carbonyl (C=O) groups is 2. The number of nitrogens with zero attached hydrogens (tertiary/aromatic N) is 2. The lowest BCUT2D eigenvalue weighted by Crippen LogP contribution is -2.37. The van der Waals surface area contributed by atoms with Gasteiger partial charge < -0.3 is 24.2 Å². The van der Waals surface area contributed by atoms with Crippen molar-refractivity contribution in [1.82, 2.24) is 4.90 Å². The average molecular weight is 517 g/mol. The van der Waals surface area contributed by atoms with Crippen molar-refractivity contribution in [3.05, 3.63) is 63.7 Å². The molecule has 2 rings (SSSR count). The third-order valence-corrected chi connectivity index (χ3v) is 5.74. The van der Waals surface area contributed by atoms with Crippen LogP contribution in [0.2, 0.25) is 0 Å². The van der Waals surface area contributed by atoms with Gasteiger partial charge in [-0.1, -0.05) is 38.3 Å². The molecule has 0 aromatic heterocycles. The smallest absolute Gasteiger partial charge is 0.415 e. The highest BCUT2D eigenvalue weighted by molar-refractivity contribution is 5.72. The third-order valence-electron chi connectivity index (χ3n) is 5.74. The van der Waals surface area contributed by atoms with E-state index in [0.29, 0.717) is 24.5 Å². The molecule has 0 bridgehead atoms. The molecule has 2 aromatic rings. The number of ether oxygens (including phenoxy) is 3. The molecule has 10 heteroatoms. The Morgan fingerprint density at radius 2 is 1.73 bits per heavy atom. The predicted molar refractivity (Wildman–Crippen MR) is 138 cm³/mol. The summed E-state index contributed by atoms with van der Waals surface area (Å²) in [4.78, 5) is 36.4. The number of aryl methyl sites for hydroxylation is 1. The van der Waals surface area contributed by atoms with E-state index in [9.17, 15) is 24.8 Å². The van der Waals surface area contributed by atoms with Crippen LogP contribution in [-0.2, 0) is 16.0 Å². The van der Waals surface area contributed by atoms with Gasteiger partial charge in [0.05, 0.1) is 17.5 Å². The topological polar surface area (TPSA) is 128 Å². The Morgan fingerprint density at radius 3 is 2.35 bits per heavy atom. The van der Waals surface area contributed by atoms with Gasteiger partial charge in [-0.05, 0) is 50.1 Å². The summed E-state index contributed by atoms with van der Waals surface area (Å²) < 4.78 is 16.5. The van der Waals surface area contributed by atoms with Gasteiger partial charge in [0.2, 0.25) is 0 Å². The van der Waals surface area contributed by atoms with Gasteiger partial charge in [0.1, 0.15) is 18.1 Å². The van der Waals surface area contributed by atoms with Gasteiger partial charge >= 0.3 is 12.1 Å². The fourth-order valence-electron chi connectivity index (χ4n) is 3.67. The zero-order valence-corrected chi connectivity index (χ0v) is 21.7. The average Bonchev–Trinajstić information content (AvgIpc) is 2.87. The second-order valence-electron chi connectivity index (χ2n) is 8.60. The number of nitro groups is 1. The maximum atomic E-state index is 12.9. The van der Waals surface area contributed by atoms with Crippen molar-refractivity contribution in [3.8, 4) is 11.5 Å². The fraction of sp³-hybridized carbons (Fsp3) is 0.481. The number of hydrogen-bond donors (Lipinski definition) is 1. The number of benzene rings is 2. The van der Waals surface area contributed by atoms with Crippen molar-refractivity contribution in [1.29, 1.82) is 0 Å². The van der Waals surface area contributed by atoms with E-state index in [4.69, 9.17) is 14.2 Å². The number of hydrogen-bond acceptors (Lipinski definition) is 7. The molecule has 1 amide bonds. The van der Waals surface area contributed by atoms with Crippen molar-refractivity contribution in [3.63, 3.8) is 0 Å². The van der Waals surface area contributed by atoms with Crippen molar-refractivity contribution in [2.24, 2.45) is 0 Å². The molecule has 0 saturated carbocycles. The summed E-state index contributed by atoms with van der Waals surface area (Å²) in [6, 6.07) is 11.4. The Morgan fingerprint density at radius 1 is 1.03 bits per heavy atom. The summed E-state index contributed by atoms with van der Waals surface area (Å²) in [6.45, 7) is 6.75. The number of amides is 1. The van der Waals surface area contributed by atoms with E-state index >= 15 is 0 Å². The molecule has 0 heterocycles. The molecule has 0 spiro atoms. The van der Waals surface area contributed by atoms with Crippen molar-refractivity contribution < 1.29 is 33.8 Å². The number of carbonyl (C=O) groups excluding carboxylic acids is 1. The van der Waals surface area contributed by atoms with Gasteiger partial charge in [0.15, 0.2) is 6.10 Å². The first kappa shape index (κ1) is 29.6. The number of carboxylic acid groups (broad SMARTS) is 1. The zero-order valence-electron chi connectivity index (χ0n) is 21.7. The lowest BCUT2D eigenvalue weighted by molar-refractivity contribution is -0.385. The molecule has 0 saturated heterocycles. The predicted octanol–water partition coefficient (Wildman–Crippen LogP) is 5.40. The van der Waals surface area contributed by atoms with Crippen LogP contribution in [0.3, 0.4) is 0 Å². The Bertz CT molecular complexity index is 1030. The molecule has 202 valence electrons. The van der Waals surface area contributed by atoms with E-state index in [0.717, 1.165) is 31.2 Å². The number of nitro benzene ring substituents is 1. The first-order chi connectivity index (χ1) is 17.7. The number of rotatable bonds is 16. The van der Waals surface area contributed by atoms with E-state index in [1.54, 1.807) is 44.2 Å². The minimum Gasteiger partial charge on any atom is -0.492 e.